The zero-order valence-electron chi connectivity index (χ0n) is 10.0. The Morgan fingerprint density at radius 3 is 2.78 bits per heavy atom. The van der Waals surface area contributed by atoms with Crippen molar-refractivity contribution in [2.45, 2.75) is 19.3 Å². The van der Waals surface area contributed by atoms with Gasteiger partial charge in [-0.1, -0.05) is 6.07 Å². The van der Waals surface area contributed by atoms with Crippen LogP contribution in [0.15, 0.2) is 24.3 Å². The van der Waals surface area contributed by atoms with Gasteiger partial charge in [-0.25, -0.2) is 0 Å². The minimum absolute atomic E-state index is 0.216. The molecule has 1 rings (SSSR count). The van der Waals surface area contributed by atoms with Crippen LogP contribution in [0.25, 0.3) is 0 Å². The monoisotopic (exact) mass is 267 g/mol. The molecule has 0 saturated heterocycles. The zero-order valence-corrected chi connectivity index (χ0v) is 10.8. The third-order valence-electron chi connectivity index (χ3n) is 2.19. The number of thiocarbonyl (C=S) groups is 1. The van der Waals surface area contributed by atoms with Gasteiger partial charge in [0.25, 0.3) is 0 Å². The molecule has 1 aromatic rings. The number of unbranched alkanes of at least 4 members (excludes halogenated alkanes) is 1. The van der Waals surface area contributed by atoms with Crippen LogP contribution in [0.3, 0.4) is 0 Å². The Labute approximate surface area is 111 Å². The van der Waals surface area contributed by atoms with Crippen LogP contribution in [0, 0.1) is 0 Å². The van der Waals surface area contributed by atoms with Crippen molar-refractivity contribution < 1.29 is 9.53 Å². The molecule has 0 radical (unpaired) electrons. The molecular weight excluding hydrogens is 250 g/mol. The van der Waals surface area contributed by atoms with E-state index in [-0.39, 0.29) is 11.0 Å². The molecule has 98 valence electrons. The average Bonchev–Trinajstić information content (AvgIpc) is 2.27. The van der Waals surface area contributed by atoms with Gasteiger partial charge in [0, 0.05) is 18.2 Å². The van der Waals surface area contributed by atoms with Gasteiger partial charge in [-0.05, 0) is 37.2 Å². The van der Waals surface area contributed by atoms with Crippen LogP contribution in [0.4, 0.5) is 5.69 Å². The molecule has 0 aliphatic heterocycles. The highest BCUT2D eigenvalue weighted by Gasteiger charge is 1.98. The second-order valence-corrected chi connectivity index (χ2v) is 4.23. The summed E-state index contributed by atoms with van der Waals surface area (Å²) in [4.78, 5) is 10.5. The maximum Gasteiger partial charge on any atom is 0.217 e. The first kappa shape index (κ1) is 14.2. The number of hydrogen-bond acceptors (Lipinski definition) is 3. The molecule has 0 aliphatic carbocycles. The first-order valence-electron chi connectivity index (χ1n) is 5.65. The Morgan fingerprint density at radius 2 is 2.11 bits per heavy atom. The molecule has 0 fully saturated rings. The number of primary amides is 1. The molecule has 0 atom stereocenters. The van der Waals surface area contributed by atoms with Gasteiger partial charge in [-0.15, -0.1) is 0 Å². The minimum atomic E-state index is -0.280. The number of nitrogens with one attached hydrogen (secondary N) is 1. The molecule has 0 aliphatic rings. The molecule has 0 bridgehead atoms. The molecule has 1 aromatic carbocycles. The number of carbonyl (C=O) groups excluding carboxylic acids is 1. The number of anilines is 1. The third-order valence-corrected chi connectivity index (χ3v) is 2.29. The van der Waals surface area contributed by atoms with Crippen LogP contribution < -0.4 is 21.5 Å². The maximum atomic E-state index is 10.5. The maximum absolute atomic E-state index is 10.5. The number of carbonyl (C=O) groups is 1. The largest absolute Gasteiger partial charge is 0.494 e. The number of nitrogens with two attached hydrogens (primary N) is 2. The van der Waals surface area contributed by atoms with Crippen LogP contribution in [-0.2, 0) is 4.79 Å². The number of hydrogen-bond donors (Lipinski definition) is 3. The minimum Gasteiger partial charge on any atom is -0.494 e. The quantitative estimate of drug-likeness (QED) is 0.513. The van der Waals surface area contributed by atoms with Gasteiger partial charge in [-0.3, -0.25) is 4.79 Å². The van der Waals surface area contributed by atoms with E-state index in [9.17, 15) is 4.79 Å². The molecule has 0 spiro atoms. The normalized spacial score (nSPS) is 9.78. The lowest BCUT2D eigenvalue weighted by atomic mass is 10.2. The second kappa shape index (κ2) is 7.50. The van der Waals surface area contributed by atoms with Crippen LogP contribution in [0.1, 0.15) is 19.3 Å². The highest BCUT2D eigenvalue weighted by Crippen LogP contribution is 2.17. The van der Waals surface area contributed by atoms with E-state index >= 15 is 0 Å². The van der Waals surface area contributed by atoms with Crippen molar-refractivity contribution in [1.29, 1.82) is 0 Å². The standard InChI is InChI=1S/C12H17N3O2S/c13-11(16)6-1-2-7-17-10-5-3-4-9(8-10)15-12(14)18/h3-5,8H,1-2,6-7H2,(H2,13,16)(H3,14,15,18). The fraction of sp³-hybridized carbons (Fsp3) is 0.333. The summed E-state index contributed by atoms with van der Waals surface area (Å²) in [7, 11) is 0. The summed E-state index contributed by atoms with van der Waals surface area (Å²) in [6.07, 6.45) is 1.92. The van der Waals surface area contributed by atoms with Crippen LogP contribution >= 0.6 is 12.2 Å². The lowest BCUT2D eigenvalue weighted by Gasteiger charge is -2.08. The van der Waals surface area contributed by atoms with Gasteiger partial charge in [0.15, 0.2) is 5.11 Å². The summed E-state index contributed by atoms with van der Waals surface area (Å²) in [6.45, 7) is 0.545. The topological polar surface area (TPSA) is 90.4 Å². The first-order chi connectivity index (χ1) is 8.58. The van der Waals surface area contributed by atoms with Crippen molar-refractivity contribution in [3.05, 3.63) is 24.3 Å². The smallest absolute Gasteiger partial charge is 0.217 e. The fourth-order valence-electron chi connectivity index (χ4n) is 1.40. The van der Waals surface area contributed by atoms with E-state index in [2.05, 4.69) is 5.32 Å². The van der Waals surface area contributed by atoms with Crippen LogP contribution in [-0.4, -0.2) is 17.6 Å². The van der Waals surface area contributed by atoms with Gasteiger partial charge >= 0.3 is 0 Å². The van der Waals surface area contributed by atoms with Gasteiger partial charge in [0.05, 0.1) is 6.61 Å². The van der Waals surface area contributed by atoms with Crippen molar-refractivity contribution in [2.75, 3.05) is 11.9 Å². The molecule has 5 nitrogen and oxygen atoms in total. The summed E-state index contributed by atoms with van der Waals surface area (Å²) in [5.41, 5.74) is 11.2. The molecule has 6 heteroatoms. The number of ether oxygens (including phenoxy) is 1. The Kier molecular flexibility index (Phi) is 5.93. The zero-order chi connectivity index (χ0) is 13.4. The third kappa shape index (κ3) is 6.05. The van der Waals surface area contributed by atoms with E-state index in [1.165, 1.54) is 0 Å². The van der Waals surface area contributed by atoms with Crippen molar-refractivity contribution in [3.8, 4) is 5.75 Å². The van der Waals surface area contributed by atoms with Crippen molar-refractivity contribution >= 4 is 28.9 Å². The van der Waals surface area contributed by atoms with Gasteiger partial charge in [0.1, 0.15) is 5.75 Å². The Morgan fingerprint density at radius 1 is 1.33 bits per heavy atom. The van der Waals surface area contributed by atoms with Crippen molar-refractivity contribution in [1.82, 2.24) is 0 Å². The lowest BCUT2D eigenvalue weighted by molar-refractivity contribution is -0.118. The number of rotatable bonds is 7. The Bertz CT molecular complexity index is 424. The summed E-state index contributed by atoms with van der Waals surface area (Å²) in [6, 6.07) is 7.35. The molecule has 18 heavy (non-hydrogen) atoms. The van der Waals surface area contributed by atoms with E-state index in [0.717, 1.165) is 24.3 Å². The van der Waals surface area contributed by atoms with Crippen molar-refractivity contribution in [3.63, 3.8) is 0 Å². The fourth-order valence-corrected chi connectivity index (χ4v) is 1.52. The van der Waals surface area contributed by atoms with Crippen LogP contribution in [0.2, 0.25) is 0 Å². The molecule has 5 N–H and O–H groups in total. The van der Waals surface area contributed by atoms with E-state index in [1.807, 2.05) is 24.3 Å². The highest BCUT2D eigenvalue weighted by molar-refractivity contribution is 7.80. The summed E-state index contributed by atoms with van der Waals surface area (Å²) >= 11 is 4.75. The summed E-state index contributed by atoms with van der Waals surface area (Å²) < 4.78 is 5.53. The molecule has 0 saturated carbocycles. The van der Waals surface area contributed by atoms with E-state index < -0.39 is 0 Å². The second-order valence-electron chi connectivity index (χ2n) is 3.79. The molecule has 1 amide bonds. The number of amides is 1. The molecular formula is C12H17N3O2S. The number of benzene rings is 1. The predicted octanol–water partition coefficient (Wildman–Crippen LogP) is 1.38. The molecule has 0 aromatic heterocycles. The highest BCUT2D eigenvalue weighted by atomic mass is 32.1. The first-order valence-corrected chi connectivity index (χ1v) is 6.06. The van der Waals surface area contributed by atoms with E-state index in [0.29, 0.717) is 13.0 Å². The van der Waals surface area contributed by atoms with Crippen molar-refractivity contribution in [2.24, 2.45) is 11.5 Å². The summed E-state index contributed by atoms with van der Waals surface area (Å²) in [5, 5.41) is 3.05. The van der Waals surface area contributed by atoms with Gasteiger partial charge in [-0.2, -0.15) is 0 Å². The van der Waals surface area contributed by atoms with E-state index in [4.69, 9.17) is 28.4 Å². The SMILES string of the molecule is NC(=O)CCCCOc1cccc(NC(N)=S)c1. The van der Waals surface area contributed by atoms with E-state index in [1.54, 1.807) is 0 Å². The van der Waals surface area contributed by atoms with Gasteiger partial charge in [0.2, 0.25) is 5.91 Å². The summed E-state index contributed by atoms with van der Waals surface area (Å²) in [5.74, 6) is 0.452. The molecule has 0 heterocycles. The Hall–Kier alpha value is -1.82. The van der Waals surface area contributed by atoms with Gasteiger partial charge < -0.3 is 21.5 Å². The average molecular weight is 267 g/mol. The predicted molar refractivity (Wildman–Crippen MR) is 75.4 cm³/mol. The Balaban J connectivity index is 2.33. The van der Waals surface area contributed by atoms with Crippen LogP contribution in [0.5, 0.6) is 5.75 Å². The lowest BCUT2D eigenvalue weighted by Crippen LogP contribution is -2.18. The molecule has 0 unspecified atom stereocenters.